The van der Waals surface area contributed by atoms with Crippen LogP contribution in [-0.4, -0.2) is 8.42 Å². The van der Waals surface area contributed by atoms with Crippen molar-refractivity contribution in [1.82, 2.24) is 0 Å². The molecule has 0 aliphatic heterocycles. The summed E-state index contributed by atoms with van der Waals surface area (Å²) in [6, 6.07) is 7.89. The maximum atomic E-state index is 10.6. The molecule has 1 rings (SSSR count). The van der Waals surface area contributed by atoms with Crippen LogP contribution in [0.25, 0.3) is 0 Å². The summed E-state index contributed by atoms with van der Waals surface area (Å²) in [5.74, 6) is 0. The molecule has 0 amide bonds. The van der Waals surface area contributed by atoms with Gasteiger partial charge in [0.1, 0.15) is 0 Å². The Morgan fingerprint density at radius 2 is 1.42 bits per heavy atom. The van der Waals surface area contributed by atoms with E-state index in [0.717, 1.165) is 0 Å². The molecule has 54 valence electrons. The van der Waals surface area contributed by atoms with Gasteiger partial charge in [-0.3, -0.25) is 0 Å². The molecule has 0 spiro atoms. The zero-order valence-corrected chi connectivity index (χ0v) is 12.0. The van der Waals surface area contributed by atoms with Crippen LogP contribution >= 0.6 is 0 Å². The Balaban J connectivity index is 0. The summed E-state index contributed by atoms with van der Waals surface area (Å²) in [5.41, 5.74) is 0. The predicted molar refractivity (Wildman–Crippen MR) is 37.8 cm³/mol. The van der Waals surface area contributed by atoms with Crippen molar-refractivity contribution in [2.24, 2.45) is 5.14 Å². The minimum absolute atomic E-state index is 0. The van der Waals surface area contributed by atoms with Gasteiger partial charge in [-0.1, -0.05) is 18.2 Å². The van der Waals surface area contributed by atoms with Crippen molar-refractivity contribution in [2.45, 2.75) is 4.90 Å². The summed E-state index contributed by atoms with van der Waals surface area (Å²) in [5, 5.41) is 4.83. The van der Waals surface area contributed by atoms with Gasteiger partial charge in [-0.15, -0.1) is 0 Å². The first kappa shape index (κ1) is 15.6. The second-order valence-corrected chi connectivity index (χ2v) is 3.42. The minimum atomic E-state index is -3.50. The van der Waals surface area contributed by atoms with Gasteiger partial charge in [0, 0.05) is 0 Å². The Labute approximate surface area is 116 Å². The fourth-order valence-corrected chi connectivity index (χ4v) is 1.15. The zero-order valence-electron chi connectivity index (χ0n) is 7.19. The van der Waals surface area contributed by atoms with Gasteiger partial charge in [-0.2, -0.15) is 0 Å². The van der Waals surface area contributed by atoms with E-state index in [1.165, 1.54) is 12.1 Å². The van der Waals surface area contributed by atoms with Crippen LogP contribution in [0.15, 0.2) is 35.2 Å². The summed E-state index contributed by atoms with van der Waals surface area (Å²) < 4.78 is 21.2. The molecule has 0 bridgehead atoms. The standard InChI is InChI=1S/C6H7NO2S.2Na/c7-10(8,9)6-4-2-1-3-5-6;;/h1-5H,(H2,7,8,9);;/q;2*+1. The third kappa shape index (κ3) is 4.99. The fraction of sp³-hybridized carbons (Fsp3) is 0. The first-order valence-electron chi connectivity index (χ1n) is 2.68. The molecule has 0 aromatic heterocycles. The Morgan fingerprint density at radius 1 is 1.00 bits per heavy atom. The smallest absolute Gasteiger partial charge is 0.225 e. The number of sulfonamides is 1. The van der Waals surface area contributed by atoms with E-state index in [-0.39, 0.29) is 64.0 Å². The molecule has 0 atom stereocenters. The second kappa shape index (κ2) is 6.56. The Hall–Kier alpha value is 1.13. The molecule has 1 aromatic carbocycles. The molecule has 2 N–H and O–H groups in total. The van der Waals surface area contributed by atoms with Crippen LogP contribution in [-0.2, 0) is 10.0 Å². The quantitative estimate of drug-likeness (QED) is 0.462. The van der Waals surface area contributed by atoms with E-state index in [1.54, 1.807) is 18.2 Å². The van der Waals surface area contributed by atoms with E-state index in [9.17, 15) is 8.42 Å². The Kier molecular flexibility index (Phi) is 8.53. The number of benzene rings is 1. The van der Waals surface area contributed by atoms with Gasteiger partial charge < -0.3 is 0 Å². The maximum Gasteiger partial charge on any atom is 1.00 e. The van der Waals surface area contributed by atoms with Gasteiger partial charge in [0.05, 0.1) is 4.90 Å². The van der Waals surface area contributed by atoms with Gasteiger partial charge in [-0.05, 0) is 12.1 Å². The molecule has 0 saturated carbocycles. The molecular formula is C6H7NNa2O2S+2. The summed E-state index contributed by atoms with van der Waals surface area (Å²) in [4.78, 5) is 0.148. The van der Waals surface area contributed by atoms with Crippen molar-refractivity contribution in [3.05, 3.63) is 30.3 Å². The van der Waals surface area contributed by atoms with Crippen LogP contribution in [0.1, 0.15) is 0 Å². The number of hydrogen-bond acceptors (Lipinski definition) is 2. The average Bonchev–Trinajstić information content (AvgIpc) is 1.88. The average molecular weight is 203 g/mol. The van der Waals surface area contributed by atoms with Gasteiger partial charge in [0.25, 0.3) is 0 Å². The summed E-state index contributed by atoms with van der Waals surface area (Å²) >= 11 is 0. The largest absolute Gasteiger partial charge is 1.00 e. The van der Waals surface area contributed by atoms with Crippen LogP contribution in [0.3, 0.4) is 0 Å². The first-order chi connectivity index (χ1) is 4.61. The van der Waals surface area contributed by atoms with Crippen molar-refractivity contribution < 1.29 is 67.5 Å². The molecule has 6 heteroatoms. The SMILES string of the molecule is NS(=O)(=O)c1ccccc1.[Na+].[Na+]. The third-order valence-electron chi connectivity index (χ3n) is 1.07. The van der Waals surface area contributed by atoms with E-state index in [2.05, 4.69) is 0 Å². The normalized spacial score (nSPS) is 9.42. The van der Waals surface area contributed by atoms with E-state index in [0.29, 0.717) is 0 Å². The van der Waals surface area contributed by atoms with Crippen molar-refractivity contribution in [3.63, 3.8) is 0 Å². The molecule has 0 fully saturated rings. The number of rotatable bonds is 1. The Morgan fingerprint density at radius 3 is 1.67 bits per heavy atom. The van der Waals surface area contributed by atoms with Crippen molar-refractivity contribution >= 4 is 10.0 Å². The molecule has 0 saturated heterocycles. The zero-order chi connectivity index (χ0) is 7.61. The monoisotopic (exact) mass is 203 g/mol. The van der Waals surface area contributed by atoms with E-state index >= 15 is 0 Å². The molecular weight excluding hydrogens is 196 g/mol. The maximum absolute atomic E-state index is 10.6. The molecule has 1 aromatic rings. The molecule has 0 aliphatic carbocycles. The molecule has 12 heavy (non-hydrogen) atoms. The molecule has 0 radical (unpaired) electrons. The third-order valence-corrected chi connectivity index (χ3v) is 2.00. The predicted octanol–water partition coefficient (Wildman–Crippen LogP) is -5.66. The van der Waals surface area contributed by atoms with E-state index < -0.39 is 10.0 Å². The summed E-state index contributed by atoms with van der Waals surface area (Å²) in [7, 11) is -3.50. The summed E-state index contributed by atoms with van der Waals surface area (Å²) in [6.07, 6.45) is 0. The fourth-order valence-electron chi connectivity index (χ4n) is 0.610. The van der Waals surface area contributed by atoms with E-state index in [4.69, 9.17) is 5.14 Å². The van der Waals surface area contributed by atoms with Crippen LogP contribution in [0.5, 0.6) is 0 Å². The molecule has 0 aliphatic rings. The van der Waals surface area contributed by atoms with Gasteiger partial charge in [-0.25, -0.2) is 13.6 Å². The molecule has 0 unspecified atom stereocenters. The van der Waals surface area contributed by atoms with Crippen LogP contribution in [0.4, 0.5) is 0 Å². The van der Waals surface area contributed by atoms with Gasteiger partial charge in [0.15, 0.2) is 0 Å². The van der Waals surface area contributed by atoms with Crippen LogP contribution in [0.2, 0.25) is 0 Å². The van der Waals surface area contributed by atoms with Crippen LogP contribution in [0, 0.1) is 0 Å². The van der Waals surface area contributed by atoms with Gasteiger partial charge >= 0.3 is 59.1 Å². The van der Waals surface area contributed by atoms with Crippen molar-refractivity contribution in [1.29, 1.82) is 0 Å². The topological polar surface area (TPSA) is 60.2 Å². The van der Waals surface area contributed by atoms with E-state index in [1.807, 2.05) is 0 Å². The molecule has 0 heterocycles. The summed E-state index contributed by atoms with van der Waals surface area (Å²) in [6.45, 7) is 0. The number of hydrogen-bond donors (Lipinski definition) is 1. The first-order valence-corrected chi connectivity index (χ1v) is 4.23. The Bertz CT molecular complexity index is 312. The number of nitrogens with two attached hydrogens (primary N) is 1. The molecule has 3 nitrogen and oxygen atoms in total. The van der Waals surface area contributed by atoms with Crippen LogP contribution < -0.4 is 64.3 Å². The van der Waals surface area contributed by atoms with Crippen molar-refractivity contribution in [2.75, 3.05) is 0 Å². The van der Waals surface area contributed by atoms with Crippen molar-refractivity contribution in [3.8, 4) is 0 Å². The second-order valence-electron chi connectivity index (χ2n) is 1.86. The van der Waals surface area contributed by atoms with Gasteiger partial charge in [0.2, 0.25) is 10.0 Å². The number of primary sulfonamides is 1. The minimum Gasteiger partial charge on any atom is -0.225 e.